The van der Waals surface area contributed by atoms with E-state index in [-0.39, 0.29) is 11.6 Å². The molecule has 9 nitrogen and oxygen atoms in total. The molecule has 1 aromatic carbocycles. The van der Waals surface area contributed by atoms with Gasteiger partial charge >= 0.3 is 0 Å². The van der Waals surface area contributed by atoms with Gasteiger partial charge in [0, 0.05) is 30.4 Å². The molecule has 0 aliphatic carbocycles. The normalized spacial score (nSPS) is 11.3. The molecular formula is C20H22N8O. The van der Waals surface area contributed by atoms with Crippen molar-refractivity contribution in [2.24, 2.45) is 0 Å². The fraction of sp³-hybridized carbons (Fsp3) is 0.250. The number of aromatic nitrogens is 6. The van der Waals surface area contributed by atoms with Crippen molar-refractivity contribution in [2.75, 3.05) is 26.0 Å². The number of hydrogen-bond acceptors (Lipinski definition) is 6. The lowest BCUT2D eigenvalue weighted by molar-refractivity contribution is 0.102. The summed E-state index contributed by atoms with van der Waals surface area (Å²) in [4.78, 5) is 19.2. The number of likely N-dealkylation sites (N-methyl/N-ethyl adjacent to an activating group) is 1. The minimum absolute atomic E-state index is 0.258. The summed E-state index contributed by atoms with van der Waals surface area (Å²) >= 11 is 0. The smallest absolute Gasteiger partial charge is 0.279 e. The number of carbonyl (C=O) groups excluding carboxylic acids is 1. The second-order valence-corrected chi connectivity index (χ2v) is 7.00. The first-order chi connectivity index (χ1) is 14.0. The number of nitrogens with one attached hydrogen (secondary N) is 1. The van der Waals surface area contributed by atoms with Crippen LogP contribution in [0.25, 0.3) is 16.6 Å². The van der Waals surface area contributed by atoms with Crippen molar-refractivity contribution in [1.82, 2.24) is 34.7 Å². The summed E-state index contributed by atoms with van der Waals surface area (Å²) in [6, 6.07) is 11.4. The zero-order valence-corrected chi connectivity index (χ0v) is 16.6. The standard InChI is InChI=1S/C20H22N8O/c1-14-19(20(29)22-18-9-11-27(24-18)13-12-26(2)3)23-25-28(14)17-8-4-7-16-15(17)6-5-10-21-16/h4-11H,12-13H2,1-3H3,(H,22,24,29). The van der Waals surface area contributed by atoms with E-state index in [0.717, 1.165) is 29.7 Å². The molecule has 0 bridgehead atoms. The molecule has 1 N–H and O–H groups in total. The molecule has 148 valence electrons. The van der Waals surface area contributed by atoms with E-state index < -0.39 is 0 Å². The molecular weight excluding hydrogens is 368 g/mol. The number of hydrogen-bond donors (Lipinski definition) is 1. The van der Waals surface area contributed by atoms with Crippen LogP contribution in [0.2, 0.25) is 0 Å². The minimum atomic E-state index is -0.343. The Morgan fingerprint density at radius 1 is 1.17 bits per heavy atom. The third kappa shape index (κ3) is 3.85. The Morgan fingerprint density at radius 2 is 2.03 bits per heavy atom. The van der Waals surface area contributed by atoms with Crippen LogP contribution in [0.5, 0.6) is 0 Å². The van der Waals surface area contributed by atoms with E-state index in [1.165, 1.54) is 0 Å². The lowest BCUT2D eigenvalue weighted by atomic mass is 10.2. The maximum absolute atomic E-state index is 12.7. The molecule has 0 saturated carbocycles. The fourth-order valence-corrected chi connectivity index (χ4v) is 3.07. The van der Waals surface area contributed by atoms with Crippen molar-refractivity contribution in [2.45, 2.75) is 13.5 Å². The van der Waals surface area contributed by atoms with Crippen LogP contribution >= 0.6 is 0 Å². The third-order valence-electron chi connectivity index (χ3n) is 4.62. The van der Waals surface area contributed by atoms with E-state index in [0.29, 0.717) is 11.5 Å². The van der Waals surface area contributed by atoms with Gasteiger partial charge in [-0.3, -0.25) is 14.5 Å². The van der Waals surface area contributed by atoms with Crippen LogP contribution < -0.4 is 5.32 Å². The van der Waals surface area contributed by atoms with Crippen molar-refractivity contribution < 1.29 is 4.79 Å². The molecule has 0 saturated heterocycles. The number of anilines is 1. The molecule has 0 radical (unpaired) electrons. The highest BCUT2D eigenvalue weighted by Crippen LogP contribution is 2.22. The van der Waals surface area contributed by atoms with Gasteiger partial charge in [0.2, 0.25) is 0 Å². The van der Waals surface area contributed by atoms with Gasteiger partial charge in [0.05, 0.1) is 23.4 Å². The first kappa shape index (κ1) is 18.8. The van der Waals surface area contributed by atoms with Gasteiger partial charge in [-0.2, -0.15) is 5.10 Å². The molecule has 9 heteroatoms. The van der Waals surface area contributed by atoms with Crippen molar-refractivity contribution in [3.05, 3.63) is 60.2 Å². The first-order valence-corrected chi connectivity index (χ1v) is 9.29. The first-order valence-electron chi connectivity index (χ1n) is 9.29. The number of amides is 1. The molecule has 29 heavy (non-hydrogen) atoms. The Morgan fingerprint density at radius 3 is 2.86 bits per heavy atom. The molecule has 4 aromatic rings. The number of rotatable bonds is 6. The zero-order valence-electron chi connectivity index (χ0n) is 16.6. The molecule has 3 aromatic heterocycles. The Balaban J connectivity index is 1.56. The molecule has 0 aliphatic rings. The zero-order chi connectivity index (χ0) is 20.4. The molecule has 0 spiro atoms. The second-order valence-electron chi connectivity index (χ2n) is 7.00. The van der Waals surface area contributed by atoms with Crippen LogP contribution in [-0.2, 0) is 6.54 Å². The summed E-state index contributed by atoms with van der Waals surface area (Å²) < 4.78 is 3.46. The molecule has 0 unspecified atom stereocenters. The largest absolute Gasteiger partial charge is 0.308 e. The topological polar surface area (TPSA) is 93.8 Å². The lowest BCUT2D eigenvalue weighted by Crippen LogP contribution is -2.19. The van der Waals surface area contributed by atoms with Crippen LogP contribution in [0.4, 0.5) is 5.82 Å². The Kier molecular flexibility index (Phi) is 5.05. The van der Waals surface area contributed by atoms with Gasteiger partial charge in [0.15, 0.2) is 11.5 Å². The van der Waals surface area contributed by atoms with Crippen molar-refractivity contribution in [3.63, 3.8) is 0 Å². The van der Waals surface area contributed by atoms with Crippen LogP contribution in [0.1, 0.15) is 16.2 Å². The summed E-state index contributed by atoms with van der Waals surface area (Å²) in [5, 5.41) is 16.4. The van der Waals surface area contributed by atoms with Crippen molar-refractivity contribution in [1.29, 1.82) is 0 Å². The molecule has 3 heterocycles. The van der Waals surface area contributed by atoms with E-state index in [4.69, 9.17) is 0 Å². The summed E-state index contributed by atoms with van der Waals surface area (Å²) in [6.45, 7) is 3.43. The number of pyridine rings is 1. The summed E-state index contributed by atoms with van der Waals surface area (Å²) in [7, 11) is 4.01. The second kappa shape index (κ2) is 7.80. The van der Waals surface area contributed by atoms with Crippen molar-refractivity contribution in [3.8, 4) is 5.69 Å². The molecule has 1 amide bonds. The van der Waals surface area contributed by atoms with Gasteiger partial charge in [0.25, 0.3) is 5.91 Å². The maximum atomic E-state index is 12.7. The van der Waals surface area contributed by atoms with E-state index in [1.54, 1.807) is 21.6 Å². The monoisotopic (exact) mass is 390 g/mol. The highest BCUT2D eigenvalue weighted by molar-refractivity contribution is 6.03. The maximum Gasteiger partial charge on any atom is 0.279 e. The van der Waals surface area contributed by atoms with Gasteiger partial charge in [-0.05, 0) is 45.3 Å². The Labute approximate surface area is 168 Å². The van der Waals surface area contributed by atoms with E-state index in [1.807, 2.05) is 57.5 Å². The Bertz CT molecular complexity index is 1150. The molecule has 4 rings (SSSR count). The summed E-state index contributed by atoms with van der Waals surface area (Å²) in [5.74, 6) is 0.141. The van der Waals surface area contributed by atoms with Crippen LogP contribution in [0.3, 0.4) is 0 Å². The SMILES string of the molecule is Cc1c(C(=O)Nc2ccn(CCN(C)C)n2)nnn1-c1cccc2ncccc12. The predicted molar refractivity (Wildman–Crippen MR) is 110 cm³/mol. The van der Waals surface area contributed by atoms with Gasteiger partial charge < -0.3 is 10.2 Å². The highest BCUT2D eigenvalue weighted by atomic mass is 16.2. The quantitative estimate of drug-likeness (QED) is 0.542. The summed E-state index contributed by atoms with van der Waals surface area (Å²) in [6.07, 6.45) is 3.59. The predicted octanol–water partition coefficient (Wildman–Crippen LogP) is 2.13. The number of benzene rings is 1. The van der Waals surface area contributed by atoms with Gasteiger partial charge in [-0.15, -0.1) is 5.10 Å². The van der Waals surface area contributed by atoms with Crippen molar-refractivity contribution >= 4 is 22.6 Å². The van der Waals surface area contributed by atoms with Crippen LogP contribution in [0, 0.1) is 6.92 Å². The number of carbonyl (C=O) groups is 1. The minimum Gasteiger partial charge on any atom is -0.308 e. The van der Waals surface area contributed by atoms with E-state index in [9.17, 15) is 4.79 Å². The van der Waals surface area contributed by atoms with Gasteiger partial charge in [-0.1, -0.05) is 11.3 Å². The molecule has 0 atom stereocenters. The van der Waals surface area contributed by atoms with Crippen LogP contribution in [-0.4, -0.2) is 61.2 Å². The average molecular weight is 390 g/mol. The van der Waals surface area contributed by atoms with Gasteiger partial charge in [-0.25, -0.2) is 4.68 Å². The highest BCUT2D eigenvalue weighted by Gasteiger charge is 2.19. The van der Waals surface area contributed by atoms with Gasteiger partial charge in [0.1, 0.15) is 0 Å². The third-order valence-corrected chi connectivity index (χ3v) is 4.62. The summed E-state index contributed by atoms with van der Waals surface area (Å²) in [5.41, 5.74) is 2.58. The molecule has 0 aliphatic heterocycles. The number of fused-ring (bicyclic) bond motifs is 1. The number of nitrogens with zero attached hydrogens (tertiary/aromatic N) is 7. The van der Waals surface area contributed by atoms with Crippen LogP contribution in [0.15, 0.2) is 48.8 Å². The molecule has 0 fully saturated rings. The fourth-order valence-electron chi connectivity index (χ4n) is 3.07. The van der Waals surface area contributed by atoms with E-state index in [2.05, 4.69) is 30.6 Å². The Hall–Kier alpha value is -3.59. The average Bonchev–Trinajstić information content (AvgIpc) is 3.32. The van der Waals surface area contributed by atoms with E-state index >= 15 is 0 Å². The lowest BCUT2D eigenvalue weighted by Gasteiger charge is -2.08.